The summed E-state index contributed by atoms with van der Waals surface area (Å²) in [6.07, 6.45) is 4.16. The first-order valence-corrected chi connectivity index (χ1v) is 9.88. The summed E-state index contributed by atoms with van der Waals surface area (Å²) in [4.78, 5) is 0. The van der Waals surface area contributed by atoms with Gasteiger partial charge in [-0.3, -0.25) is 0 Å². The summed E-state index contributed by atoms with van der Waals surface area (Å²) in [5.41, 5.74) is 0. The SMILES string of the molecule is C=CC[SiH](CC=C)[SiH2]C. The van der Waals surface area contributed by atoms with Gasteiger partial charge in [0.15, 0.2) is 0 Å². The highest BCUT2D eigenvalue weighted by molar-refractivity contribution is 7.12. The molecule has 0 saturated carbocycles. The fourth-order valence-electron chi connectivity index (χ4n) is 0.901. The van der Waals surface area contributed by atoms with E-state index in [1.807, 2.05) is 0 Å². The molecule has 2 heteroatoms. The Balaban J connectivity index is 3.39. The third-order valence-corrected chi connectivity index (χ3v) is 10.2. The molecule has 0 N–H and O–H groups in total. The lowest BCUT2D eigenvalue weighted by Crippen LogP contribution is -2.16. The molecule has 0 aliphatic carbocycles. The van der Waals surface area contributed by atoms with Gasteiger partial charge in [-0.05, 0) is 12.1 Å². The van der Waals surface area contributed by atoms with Gasteiger partial charge in [-0.2, -0.15) is 0 Å². The molecule has 9 heavy (non-hydrogen) atoms. The summed E-state index contributed by atoms with van der Waals surface area (Å²) >= 11 is 0. The highest BCUT2D eigenvalue weighted by atomic mass is 29.2. The molecule has 0 aliphatic heterocycles. The van der Waals surface area contributed by atoms with E-state index in [0.29, 0.717) is 9.04 Å². The molecule has 52 valence electrons. The average molecular weight is 156 g/mol. The van der Waals surface area contributed by atoms with E-state index in [1.165, 1.54) is 12.1 Å². The van der Waals surface area contributed by atoms with Gasteiger partial charge >= 0.3 is 0 Å². The van der Waals surface area contributed by atoms with Crippen molar-refractivity contribution in [2.45, 2.75) is 18.6 Å². The van der Waals surface area contributed by atoms with Gasteiger partial charge in [0, 0.05) is 17.4 Å². The van der Waals surface area contributed by atoms with Crippen molar-refractivity contribution in [2.24, 2.45) is 0 Å². The normalized spacial score (nSPS) is 10.9. The first-order chi connectivity index (χ1) is 4.35. The lowest BCUT2D eigenvalue weighted by atomic mass is 10.7. The van der Waals surface area contributed by atoms with Gasteiger partial charge in [0.25, 0.3) is 0 Å². The zero-order valence-corrected chi connectivity index (χ0v) is 8.84. The van der Waals surface area contributed by atoms with Gasteiger partial charge < -0.3 is 0 Å². The van der Waals surface area contributed by atoms with Crippen molar-refractivity contribution in [2.75, 3.05) is 0 Å². The Kier molecular flexibility index (Phi) is 5.98. The van der Waals surface area contributed by atoms with Gasteiger partial charge in [-0.1, -0.05) is 18.7 Å². The minimum Gasteiger partial charge on any atom is -0.103 e. The van der Waals surface area contributed by atoms with Crippen molar-refractivity contribution >= 4 is 17.4 Å². The van der Waals surface area contributed by atoms with E-state index >= 15 is 0 Å². The second-order valence-corrected chi connectivity index (χ2v) is 11.7. The Morgan fingerprint density at radius 1 is 1.33 bits per heavy atom. The molecule has 0 unspecified atom stereocenters. The largest absolute Gasteiger partial charge is 0.103 e. The number of allylic oxidation sites excluding steroid dienone is 2. The molecule has 0 radical (unpaired) electrons. The summed E-state index contributed by atoms with van der Waals surface area (Å²) in [6, 6.07) is 2.66. The molecule has 0 heterocycles. The fraction of sp³-hybridized carbons (Fsp3) is 0.429. The van der Waals surface area contributed by atoms with Crippen molar-refractivity contribution in [3.8, 4) is 0 Å². The topological polar surface area (TPSA) is 0 Å². The second kappa shape index (κ2) is 6.04. The van der Waals surface area contributed by atoms with Crippen molar-refractivity contribution in [1.82, 2.24) is 0 Å². The van der Waals surface area contributed by atoms with Crippen molar-refractivity contribution in [3.63, 3.8) is 0 Å². The van der Waals surface area contributed by atoms with Gasteiger partial charge in [0.05, 0.1) is 0 Å². The Hall–Kier alpha value is -0.0862. The van der Waals surface area contributed by atoms with Crippen molar-refractivity contribution in [1.29, 1.82) is 0 Å². The Bertz CT molecular complexity index is 78.9. The number of rotatable bonds is 5. The van der Waals surface area contributed by atoms with E-state index in [0.717, 1.165) is 0 Å². The van der Waals surface area contributed by atoms with E-state index in [9.17, 15) is 0 Å². The van der Waals surface area contributed by atoms with Crippen LogP contribution < -0.4 is 0 Å². The maximum atomic E-state index is 3.75. The Morgan fingerprint density at radius 2 is 1.78 bits per heavy atom. The van der Waals surface area contributed by atoms with Crippen molar-refractivity contribution in [3.05, 3.63) is 25.3 Å². The predicted octanol–water partition coefficient (Wildman–Crippen LogP) is 1.30. The van der Waals surface area contributed by atoms with Gasteiger partial charge in [-0.15, -0.1) is 13.2 Å². The van der Waals surface area contributed by atoms with Crippen LogP contribution in [0.15, 0.2) is 25.3 Å². The molecular weight excluding hydrogens is 140 g/mol. The molecule has 0 bridgehead atoms. The maximum absolute atomic E-state index is 3.75. The Labute approximate surface area is 61.9 Å². The van der Waals surface area contributed by atoms with Gasteiger partial charge in [-0.25, -0.2) is 0 Å². The molecule has 0 aromatic rings. The second-order valence-electron chi connectivity index (χ2n) is 2.32. The molecule has 0 atom stereocenters. The van der Waals surface area contributed by atoms with E-state index in [4.69, 9.17) is 0 Å². The van der Waals surface area contributed by atoms with Crippen LogP contribution in [0.4, 0.5) is 0 Å². The summed E-state index contributed by atoms with van der Waals surface area (Å²) < 4.78 is 0. The third kappa shape index (κ3) is 4.42. The molecule has 0 saturated heterocycles. The van der Waals surface area contributed by atoms with Crippen LogP contribution in [0.25, 0.3) is 0 Å². The smallest absolute Gasteiger partial charge is 0.0317 e. The van der Waals surface area contributed by atoms with Gasteiger partial charge in [0.2, 0.25) is 0 Å². The van der Waals surface area contributed by atoms with Crippen LogP contribution >= 0.6 is 0 Å². The first kappa shape index (κ1) is 8.91. The van der Waals surface area contributed by atoms with Crippen LogP contribution in [0, 0.1) is 0 Å². The zero-order chi connectivity index (χ0) is 7.11. The van der Waals surface area contributed by atoms with Crippen LogP contribution in [0.2, 0.25) is 18.6 Å². The monoisotopic (exact) mass is 156 g/mol. The number of hydrogen-bond acceptors (Lipinski definition) is 0. The average Bonchev–Trinajstić information content (AvgIpc) is 1.88. The summed E-state index contributed by atoms with van der Waals surface area (Å²) in [6.45, 7) is 9.91. The molecule has 0 aromatic carbocycles. The molecular formula is C7H16Si2. The van der Waals surface area contributed by atoms with Crippen LogP contribution in [-0.2, 0) is 0 Å². The van der Waals surface area contributed by atoms with E-state index in [2.05, 4.69) is 31.9 Å². The minimum atomic E-state index is -0.310. The highest BCUT2D eigenvalue weighted by Gasteiger charge is 2.01. The van der Waals surface area contributed by atoms with Gasteiger partial charge in [0.1, 0.15) is 0 Å². The summed E-state index contributed by atoms with van der Waals surface area (Å²) in [5.74, 6) is 0. The Morgan fingerprint density at radius 3 is 2.00 bits per heavy atom. The molecule has 0 spiro atoms. The third-order valence-electron chi connectivity index (χ3n) is 1.58. The van der Waals surface area contributed by atoms with Crippen LogP contribution in [-0.4, -0.2) is 17.4 Å². The molecule has 0 fully saturated rings. The zero-order valence-electron chi connectivity index (χ0n) is 6.27. The predicted molar refractivity (Wildman–Crippen MR) is 51.6 cm³/mol. The molecule has 0 nitrogen and oxygen atoms in total. The lowest BCUT2D eigenvalue weighted by molar-refractivity contribution is 1.58. The maximum Gasteiger partial charge on any atom is 0.0317 e. The standard InChI is InChI=1S/C7H16Si2/c1-4-6-9(8-3)7-5-2/h4-5,9H,1-2,6-8H2,3H3. The molecule has 0 rings (SSSR count). The van der Waals surface area contributed by atoms with E-state index < -0.39 is 0 Å². The minimum absolute atomic E-state index is 0.302. The van der Waals surface area contributed by atoms with Crippen LogP contribution in [0.1, 0.15) is 0 Å². The first-order valence-electron chi connectivity index (χ1n) is 3.56. The molecule has 0 aliphatic rings. The van der Waals surface area contributed by atoms with E-state index in [1.54, 1.807) is 0 Å². The number of hydrogen-bond donors (Lipinski definition) is 0. The van der Waals surface area contributed by atoms with E-state index in [-0.39, 0.29) is 8.31 Å². The molecule has 0 aromatic heterocycles. The highest BCUT2D eigenvalue weighted by Crippen LogP contribution is 1.98. The van der Waals surface area contributed by atoms with Crippen molar-refractivity contribution < 1.29 is 0 Å². The summed E-state index contributed by atoms with van der Waals surface area (Å²) in [7, 11) is -0.00781. The fourth-order valence-corrected chi connectivity index (χ4v) is 6.12. The molecule has 0 amide bonds. The lowest BCUT2D eigenvalue weighted by Gasteiger charge is -2.04. The quantitative estimate of drug-likeness (QED) is 0.416. The summed E-state index contributed by atoms with van der Waals surface area (Å²) in [5, 5.41) is 0. The van der Waals surface area contributed by atoms with Crippen LogP contribution in [0.5, 0.6) is 0 Å². The van der Waals surface area contributed by atoms with Crippen LogP contribution in [0.3, 0.4) is 0 Å².